The first-order chi connectivity index (χ1) is 13.6. The molecule has 0 radical (unpaired) electrons. The third-order valence-electron chi connectivity index (χ3n) is 3.96. The van der Waals surface area contributed by atoms with Gasteiger partial charge in [-0.3, -0.25) is 5.32 Å². The van der Waals surface area contributed by atoms with Crippen molar-refractivity contribution in [3.05, 3.63) is 78.1 Å². The van der Waals surface area contributed by atoms with E-state index in [2.05, 4.69) is 10.3 Å². The van der Waals surface area contributed by atoms with Crippen LogP contribution in [0.1, 0.15) is 17.5 Å². The number of hydrogen-bond donors (Lipinski definition) is 1. The van der Waals surface area contributed by atoms with Crippen molar-refractivity contribution in [1.82, 2.24) is 9.55 Å². The minimum atomic E-state index is -0.663. The van der Waals surface area contributed by atoms with E-state index < -0.39 is 18.2 Å². The number of nitrogens with zero attached hydrogens (tertiary/aromatic N) is 2. The molecule has 0 fully saturated rings. The highest BCUT2D eigenvalue weighted by Crippen LogP contribution is 2.21. The first-order valence-corrected chi connectivity index (χ1v) is 8.48. The quantitative estimate of drug-likeness (QED) is 0.621. The van der Waals surface area contributed by atoms with Crippen LogP contribution >= 0.6 is 0 Å². The molecule has 0 aliphatic heterocycles. The Morgan fingerprint density at radius 3 is 2.61 bits per heavy atom. The predicted octanol–water partition coefficient (Wildman–Crippen LogP) is 4.05. The van der Waals surface area contributed by atoms with Crippen LogP contribution in [0.5, 0.6) is 0 Å². The van der Waals surface area contributed by atoms with Gasteiger partial charge in [0.25, 0.3) is 0 Å². The van der Waals surface area contributed by atoms with Crippen molar-refractivity contribution >= 4 is 11.8 Å². The van der Waals surface area contributed by atoms with Crippen LogP contribution in [-0.4, -0.2) is 29.9 Å². The van der Waals surface area contributed by atoms with Gasteiger partial charge in [0.15, 0.2) is 0 Å². The highest BCUT2D eigenvalue weighted by atomic mass is 19.1. The average Bonchev–Trinajstić information content (AvgIpc) is 3.18. The molecule has 1 amide bonds. The molecule has 2 aromatic carbocycles. The fourth-order valence-electron chi connectivity index (χ4n) is 2.60. The van der Waals surface area contributed by atoms with Gasteiger partial charge >= 0.3 is 6.09 Å². The van der Waals surface area contributed by atoms with Gasteiger partial charge in [0, 0.05) is 26.1 Å². The lowest BCUT2D eigenvalue weighted by molar-refractivity contribution is -0.108. The van der Waals surface area contributed by atoms with Crippen molar-refractivity contribution in [3.63, 3.8) is 0 Å². The molecule has 0 unspecified atom stereocenters. The Bertz CT molecular complexity index is 926. The molecule has 0 spiro atoms. The zero-order valence-electron chi connectivity index (χ0n) is 15.5. The van der Waals surface area contributed by atoms with Gasteiger partial charge in [0.05, 0.1) is 12.0 Å². The molecular weight excluding hydrogens is 365 g/mol. The Morgan fingerprint density at radius 1 is 1.18 bits per heavy atom. The van der Waals surface area contributed by atoms with E-state index in [1.54, 1.807) is 12.3 Å². The number of imidazole rings is 1. The highest BCUT2D eigenvalue weighted by Gasteiger charge is 2.15. The molecule has 0 saturated carbocycles. The maximum atomic E-state index is 14.5. The van der Waals surface area contributed by atoms with E-state index in [1.165, 1.54) is 37.2 Å². The third kappa shape index (κ3) is 4.73. The lowest BCUT2D eigenvalue weighted by Gasteiger charge is -2.10. The Hall–Kier alpha value is -3.23. The first kappa shape index (κ1) is 19.5. The second-order valence-electron chi connectivity index (χ2n) is 5.86. The molecule has 0 aliphatic rings. The number of amides is 1. The number of carbonyl (C=O) groups excluding carboxylic acids is 1. The Kier molecular flexibility index (Phi) is 6.36. The van der Waals surface area contributed by atoms with E-state index in [4.69, 9.17) is 14.2 Å². The van der Waals surface area contributed by atoms with Crippen molar-refractivity contribution in [2.24, 2.45) is 0 Å². The Labute approximate surface area is 161 Å². The summed E-state index contributed by atoms with van der Waals surface area (Å²) in [5, 5.41) is 2.51. The maximum absolute atomic E-state index is 14.5. The lowest BCUT2D eigenvalue weighted by Crippen LogP contribution is -2.13. The topological polar surface area (TPSA) is 74.6 Å². The molecule has 0 saturated heterocycles. The molecule has 7 nitrogen and oxygen atoms in total. The van der Waals surface area contributed by atoms with Gasteiger partial charge in [0.2, 0.25) is 6.29 Å². The van der Waals surface area contributed by atoms with Crippen LogP contribution in [-0.2, 0) is 20.8 Å². The summed E-state index contributed by atoms with van der Waals surface area (Å²) in [6.07, 6.45) is 1.77. The fraction of sp³-hybridized carbons (Fsp3) is 0.200. The van der Waals surface area contributed by atoms with Crippen LogP contribution in [0, 0.1) is 5.82 Å². The molecule has 0 bridgehead atoms. The second kappa shape index (κ2) is 9.12. The summed E-state index contributed by atoms with van der Waals surface area (Å²) in [5.74, 6) is -0.531. The van der Waals surface area contributed by atoms with Gasteiger partial charge in [-0.1, -0.05) is 30.3 Å². The van der Waals surface area contributed by atoms with Crippen LogP contribution in [0.2, 0.25) is 0 Å². The van der Waals surface area contributed by atoms with Crippen molar-refractivity contribution in [2.75, 3.05) is 19.5 Å². The number of anilines is 1. The first-order valence-electron chi connectivity index (χ1n) is 8.48. The molecule has 146 valence electrons. The largest absolute Gasteiger partial charge is 0.444 e. The second-order valence-corrected chi connectivity index (χ2v) is 5.86. The van der Waals surface area contributed by atoms with Crippen LogP contribution < -0.4 is 5.32 Å². The van der Waals surface area contributed by atoms with E-state index in [-0.39, 0.29) is 18.0 Å². The minimum absolute atomic E-state index is 0.130. The predicted molar refractivity (Wildman–Crippen MR) is 101 cm³/mol. The molecule has 1 heterocycles. The summed E-state index contributed by atoms with van der Waals surface area (Å²) in [6, 6.07) is 13.6. The van der Waals surface area contributed by atoms with Gasteiger partial charge in [-0.25, -0.2) is 14.2 Å². The van der Waals surface area contributed by atoms with Gasteiger partial charge in [0.1, 0.15) is 18.1 Å². The maximum Gasteiger partial charge on any atom is 0.411 e. The summed E-state index contributed by atoms with van der Waals surface area (Å²) in [6.45, 7) is 0.130. The monoisotopic (exact) mass is 385 g/mol. The average molecular weight is 385 g/mol. The number of rotatable bonds is 7. The molecule has 1 aromatic heterocycles. The SMILES string of the molecule is COC(OC)c1cn(-c2ccc(NC(=O)OCc3ccccc3)cc2F)cn1. The van der Waals surface area contributed by atoms with E-state index in [1.807, 2.05) is 30.3 Å². The van der Waals surface area contributed by atoms with E-state index in [9.17, 15) is 9.18 Å². The van der Waals surface area contributed by atoms with Gasteiger partial charge in [-0.2, -0.15) is 0 Å². The summed E-state index contributed by atoms with van der Waals surface area (Å²) < 4.78 is 31.4. The van der Waals surface area contributed by atoms with Crippen molar-refractivity contribution in [1.29, 1.82) is 0 Å². The van der Waals surface area contributed by atoms with Crippen molar-refractivity contribution in [2.45, 2.75) is 12.9 Å². The van der Waals surface area contributed by atoms with Crippen LogP contribution in [0.15, 0.2) is 61.1 Å². The number of aromatic nitrogens is 2. The zero-order chi connectivity index (χ0) is 19.9. The number of ether oxygens (including phenoxy) is 3. The highest BCUT2D eigenvalue weighted by molar-refractivity contribution is 5.84. The molecule has 0 atom stereocenters. The fourth-order valence-corrected chi connectivity index (χ4v) is 2.60. The number of carbonyl (C=O) groups is 1. The number of nitrogens with one attached hydrogen (secondary N) is 1. The summed E-state index contributed by atoms with van der Waals surface area (Å²) >= 11 is 0. The van der Waals surface area contributed by atoms with E-state index >= 15 is 0 Å². The van der Waals surface area contributed by atoms with Crippen LogP contribution in [0.3, 0.4) is 0 Å². The Morgan fingerprint density at radius 2 is 1.93 bits per heavy atom. The smallest absolute Gasteiger partial charge is 0.411 e. The number of methoxy groups -OCH3 is 2. The molecule has 0 aliphatic carbocycles. The number of hydrogen-bond acceptors (Lipinski definition) is 5. The van der Waals surface area contributed by atoms with Crippen molar-refractivity contribution < 1.29 is 23.4 Å². The van der Waals surface area contributed by atoms with E-state index in [0.29, 0.717) is 5.69 Å². The molecule has 3 aromatic rings. The summed E-state index contributed by atoms with van der Waals surface area (Å²) in [5.41, 5.74) is 1.93. The van der Waals surface area contributed by atoms with Crippen molar-refractivity contribution in [3.8, 4) is 5.69 Å². The minimum Gasteiger partial charge on any atom is -0.444 e. The lowest BCUT2D eigenvalue weighted by atomic mass is 10.2. The van der Waals surface area contributed by atoms with Gasteiger partial charge in [-0.05, 0) is 23.8 Å². The normalized spacial score (nSPS) is 10.9. The molecule has 8 heteroatoms. The zero-order valence-corrected chi connectivity index (χ0v) is 15.5. The molecule has 1 N–H and O–H groups in total. The van der Waals surface area contributed by atoms with Gasteiger partial charge in [-0.15, -0.1) is 0 Å². The number of halogens is 1. The van der Waals surface area contributed by atoms with Gasteiger partial charge < -0.3 is 18.8 Å². The Balaban J connectivity index is 1.64. The van der Waals surface area contributed by atoms with Crippen LogP contribution in [0.4, 0.5) is 14.9 Å². The standard InChI is InChI=1S/C20H20FN3O4/c1-26-19(27-2)17-11-24(13-22-17)18-9-8-15(10-16(18)21)23-20(25)28-12-14-6-4-3-5-7-14/h3-11,13,19H,12H2,1-2H3,(H,23,25). The molecular formula is C20H20FN3O4. The van der Waals surface area contributed by atoms with E-state index in [0.717, 1.165) is 5.56 Å². The molecule has 28 heavy (non-hydrogen) atoms. The van der Waals surface area contributed by atoms with Crippen LogP contribution in [0.25, 0.3) is 5.69 Å². The summed E-state index contributed by atoms with van der Waals surface area (Å²) in [4.78, 5) is 16.1. The number of benzene rings is 2. The third-order valence-corrected chi connectivity index (χ3v) is 3.96. The summed E-state index contributed by atoms with van der Waals surface area (Å²) in [7, 11) is 2.98. The molecule has 3 rings (SSSR count).